The molecule has 0 aromatic rings. The number of likely N-dealkylation sites (N-methyl/N-ethyl adjacent to an activating group) is 2. The van der Waals surface area contributed by atoms with E-state index < -0.39 is 29.5 Å². The Kier molecular flexibility index (Phi) is 1.95. The number of imide groups is 1. The van der Waals surface area contributed by atoms with Crippen LogP contribution >= 0.6 is 0 Å². The second-order valence-corrected chi connectivity index (χ2v) is 4.31. The van der Waals surface area contributed by atoms with Crippen molar-refractivity contribution in [2.75, 3.05) is 27.3 Å². The van der Waals surface area contributed by atoms with Crippen LogP contribution in [0.1, 0.15) is 0 Å². The van der Waals surface area contributed by atoms with Gasteiger partial charge in [0.1, 0.15) is 0 Å². The van der Waals surface area contributed by atoms with Gasteiger partial charge in [-0.25, -0.2) is 9.59 Å². The molecule has 3 heterocycles. The van der Waals surface area contributed by atoms with Crippen LogP contribution in [0.25, 0.3) is 0 Å². The molecule has 9 nitrogen and oxygen atoms in total. The Labute approximate surface area is 102 Å². The standard InChI is InChI=1S/C9H12N4O5/c1-12-5(14)8-9(11-6(15)10-8,13(2)7(12)16)18-4-3-17-8/h3-4H2,1-2H3,(H2,10,11,15). The largest absolute Gasteiger partial charge is 0.339 e. The van der Waals surface area contributed by atoms with Crippen molar-refractivity contribution in [1.29, 1.82) is 0 Å². The van der Waals surface area contributed by atoms with Gasteiger partial charge in [-0.3, -0.25) is 25.2 Å². The van der Waals surface area contributed by atoms with Crippen molar-refractivity contribution in [1.82, 2.24) is 20.4 Å². The summed E-state index contributed by atoms with van der Waals surface area (Å²) in [5, 5.41) is 4.86. The molecule has 2 N–H and O–H groups in total. The van der Waals surface area contributed by atoms with Gasteiger partial charge < -0.3 is 9.47 Å². The number of amides is 5. The topological polar surface area (TPSA) is 100 Å². The Bertz CT molecular complexity index is 468. The predicted octanol–water partition coefficient (Wildman–Crippen LogP) is -1.78. The maximum absolute atomic E-state index is 12.3. The second-order valence-electron chi connectivity index (χ2n) is 4.31. The lowest BCUT2D eigenvalue weighted by atomic mass is 10.0. The van der Waals surface area contributed by atoms with Crippen LogP contribution in [-0.2, 0) is 14.3 Å². The lowest BCUT2D eigenvalue weighted by Crippen LogP contribution is -2.83. The first-order valence-electron chi connectivity index (χ1n) is 5.39. The van der Waals surface area contributed by atoms with Crippen LogP contribution in [0.15, 0.2) is 0 Å². The summed E-state index contributed by atoms with van der Waals surface area (Å²) in [6.07, 6.45) is 0. The first-order valence-corrected chi connectivity index (χ1v) is 5.39. The van der Waals surface area contributed by atoms with Crippen molar-refractivity contribution in [2.24, 2.45) is 0 Å². The molecule has 0 aliphatic carbocycles. The number of hydrogen-bond acceptors (Lipinski definition) is 5. The number of urea groups is 2. The summed E-state index contributed by atoms with van der Waals surface area (Å²) in [6.45, 7) is 0.309. The quantitative estimate of drug-likeness (QED) is 0.533. The first-order chi connectivity index (χ1) is 8.44. The minimum Gasteiger partial charge on any atom is -0.339 e. The van der Waals surface area contributed by atoms with Crippen molar-refractivity contribution in [3.63, 3.8) is 0 Å². The SMILES string of the molecule is CN1C(=O)N(C)C23NC(=O)NC2(OCCO3)C1=O. The van der Waals surface area contributed by atoms with Gasteiger partial charge in [0.05, 0.1) is 13.2 Å². The van der Waals surface area contributed by atoms with Gasteiger partial charge in [0.15, 0.2) is 0 Å². The highest BCUT2D eigenvalue weighted by Gasteiger charge is 2.74. The normalized spacial score (nSPS) is 39.1. The fourth-order valence-corrected chi connectivity index (χ4v) is 2.53. The van der Waals surface area contributed by atoms with Gasteiger partial charge in [-0.15, -0.1) is 0 Å². The molecule has 98 valence electrons. The van der Waals surface area contributed by atoms with E-state index in [1.807, 2.05) is 0 Å². The van der Waals surface area contributed by atoms with E-state index in [4.69, 9.17) is 9.47 Å². The van der Waals surface area contributed by atoms with Crippen LogP contribution in [0.5, 0.6) is 0 Å². The Morgan fingerprint density at radius 1 is 1.11 bits per heavy atom. The van der Waals surface area contributed by atoms with Gasteiger partial charge in [-0.2, -0.15) is 0 Å². The molecule has 3 rings (SSSR count). The van der Waals surface area contributed by atoms with E-state index in [0.717, 1.165) is 9.80 Å². The van der Waals surface area contributed by atoms with Crippen molar-refractivity contribution < 1.29 is 23.9 Å². The van der Waals surface area contributed by atoms with Gasteiger partial charge in [-0.05, 0) is 0 Å². The minimum absolute atomic E-state index is 0.144. The van der Waals surface area contributed by atoms with E-state index in [1.165, 1.54) is 14.1 Å². The van der Waals surface area contributed by atoms with Crippen LogP contribution in [0.4, 0.5) is 9.59 Å². The fourth-order valence-electron chi connectivity index (χ4n) is 2.53. The highest BCUT2D eigenvalue weighted by molar-refractivity contribution is 6.06. The summed E-state index contributed by atoms with van der Waals surface area (Å²) in [5.41, 5.74) is -1.72. The molecule has 2 unspecified atom stereocenters. The highest BCUT2D eigenvalue weighted by atomic mass is 16.6. The second kappa shape index (κ2) is 3.12. The van der Waals surface area contributed by atoms with Crippen LogP contribution < -0.4 is 10.6 Å². The lowest BCUT2D eigenvalue weighted by molar-refractivity contribution is -0.303. The molecule has 3 saturated heterocycles. The first kappa shape index (κ1) is 11.2. The van der Waals surface area contributed by atoms with Crippen molar-refractivity contribution in [3.8, 4) is 0 Å². The summed E-state index contributed by atoms with van der Waals surface area (Å²) in [4.78, 5) is 37.8. The number of hydrogen-bond donors (Lipinski definition) is 2. The van der Waals surface area contributed by atoms with E-state index in [-0.39, 0.29) is 13.2 Å². The molecule has 0 bridgehead atoms. The number of carbonyl (C=O) groups excluding carboxylic acids is 3. The van der Waals surface area contributed by atoms with Gasteiger partial charge in [0, 0.05) is 14.1 Å². The van der Waals surface area contributed by atoms with Crippen LogP contribution in [0, 0.1) is 0 Å². The molecular formula is C9H12N4O5. The Balaban J connectivity index is 2.19. The molecule has 3 aliphatic heterocycles. The maximum atomic E-state index is 12.3. The van der Waals surface area contributed by atoms with E-state index in [1.54, 1.807) is 0 Å². The summed E-state index contributed by atoms with van der Waals surface area (Å²) in [5.74, 6) is -2.29. The molecule has 0 spiro atoms. The zero-order valence-corrected chi connectivity index (χ0v) is 9.85. The molecule has 0 aromatic heterocycles. The van der Waals surface area contributed by atoms with Crippen molar-refractivity contribution >= 4 is 18.0 Å². The zero-order valence-electron chi connectivity index (χ0n) is 9.85. The lowest BCUT2D eigenvalue weighted by Gasteiger charge is -2.53. The van der Waals surface area contributed by atoms with Gasteiger partial charge in [0.2, 0.25) is 0 Å². The summed E-state index contributed by atoms with van der Waals surface area (Å²) >= 11 is 0. The zero-order chi connectivity index (χ0) is 13.1. The van der Waals surface area contributed by atoms with Crippen LogP contribution in [-0.4, -0.2) is 66.7 Å². The molecule has 0 aromatic carbocycles. The number of ether oxygens (including phenoxy) is 2. The summed E-state index contributed by atoms with van der Waals surface area (Å²) < 4.78 is 10.9. The monoisotopic (exact) mass is 256 g/mol. The average molecular weight is 256 g/mol. The molecule has 2 atom stereocenters. The third kappa shape index (κ3) is 0.969. The summed E-state index contributed by atoms with van der Waals surface area (Å²) in [7, 11) is 2.75. The molecule has 18 heavy (non-hydrogen) atoms. The molecule has 3 aliphatic rings. The third-order valence-electron chi connectivity index (χ3n) is 3.41. The number of carbonyl (C=O) groups is 3. The summed E-state index contributed by atoms with van der Waals surface area (Å²) in [6, 6.07) is -1.20. The molecule has 5 amide bonds. The Hall–Kier alpha value is -1.87. The average Bonchev–Trinajstić information content (AvgIpc) is 2.68. The predicted molar refractivity (Wildman–Crippen MR) is 55.0 cm³/mol. The van der Waals surface area contributed by atoms with E-state index >= 15 is 0 Å². The van der Waals surface area contributed by atoms with Crippen molar-refractivity contribution in [3.05, 3.63) is 0 Å². The van der Waals surface area contributed by atoms with Crippen LogP contribution in [0.3, 0.4) is 0 Å². The smallest absolute Gasteiger partial charge is 0.330 e. The van der Waals surface area contributed by atoms with Crippen LogP contribution in [0.2, 0.25) is 0 Å². The number of rotatable bonds is 0. The number of nitrogens with zero attached hydrogens (tertiary/aromatic N) is 2. The molecule has 0 radical (unpaired) electrons. The van der Waals surface area contributed by atoms with Gasteiger partial charge >= 0.3 is 12.1 Å². The number of nitrogens with one attached hydrogen (secondary N) is 2. The molecular weight excluding hydrogens is 244 g/mol. The van der Waals surface area contributed by atoms with Gasteiger partial charge in [-0.1, -0.05) is 0 Å². The Morgan fingerprint density at radius 2 is 1.78 bits per heavy atom. The van der Waals surface area contributed by atoms with Crippen molar-refractivity contribution in [2.45, 2.75) is 11.6 Å². The maximum Gasteiger partial charge on any atom is 0.330 e. The molecule has 0 saturated carbocycles. The van der Waals surface area contributed by atoms with E-state index in [2.05, 4.69) is 10.6 Å². The molecule has 9 heteroatoms. The fraction of sp³-hybridized carbons (Fsp3) is 0.667. The van der Waals surface area contributed by atoms with E-state index in [0.29, 0.717) is 0 Å². The van der Waals surface area contributed by atoms with E-state index in [9.17, 15) is 14.4 Å². The molecule has 3 fully saturated rings. The minimum atomic E-state index is -1.72. The van der Waals surface area contributed by atoms with Gasteiger partial charge in [0.25, 0.3) is 17.5 Å². The highest BCUT2D eigenvalue weighted by Crippen LogP contribution is 2.40. The Morgan fingerprint density at radius 3 is 2.50 bits per heavy atom. The third-order valence-corrected chi connectivity index (χ3v) is 3.41.